The highest BCUT2D eigenvalue weighted by Crippen LogP contribution is 2.40. The number of hydrogen-bond donors (Lipinski definition) is 2. The summed E-state index contributed by atoms with van der Waals surface area (Å²) in [5.74, 6) is 0.979. The first kappa shape index (κ1) is 16.6. The van der Waals surface area contributed by atoms with Gasteiger partial charge in [-0.2, -0.15) is 0 Å². The van der Waals surface area contributed by atoms with E-state index in [1.165, 1.54) is 0 Å². The van der Waals surface area contributed by atoms with E-state index in [4.69, 9.17) is 4.74 Å². The van der Waals surface area contributed by atoms with Gasteiger partial charge >= 0.3 is 6.03 Å². The van der Waals surface area contributed by atoms with Crippen molar-refractivity contribution in [2.75, 3.05) is 26.7 Å². The summed E-state index contributed by atoms with van der Waals surface area (Å²) >= 11 is 0. The van der Waals surface area contributed by atoms with E-state index in [9.17, 15) is 9.59 Å². The highest BCUT2D eigenvalue weighted by atomic mass is 16.5. The molecule has 1 atom stereocenters. The van der Waals surface area contributed by atoms with Gasteiger partial charge in [0.05, 0.1) is 12.0 Å². The predicted octanol–water partition coefficient (Wildman–Crippen LogP) is 1.65. The molecule has 1 aromatic rings. The quantitative estimate of drug-likeness (QED) is 0.866. The Labute approximate surface area is 142 Å². The average Bonchev–Trinajstić information content (AvgIpc) is 2.62. The van der Waals surface area contributed by atoms with Crippen LogP contribution in [-0.4, -0.2) is 49.6 Å². The van der Waals surface area contributed by atoms with Crippen molar-refractivity contribution in [1.82, 2.24) is 15.5 Å². The van der Waals surface area contributed by atoms with Crippen molar-refractivity contribution < 1.29 is 14.3 Å². The van der Waals surface area contributed by atoms with E-state index < -0.39 is 5.41 Å². The maximum absolute atomic E-state index is 13.2. The molecule has 1 fully saturated rings. The Morgan fingerprint density at radius 3 is 2.67 bits per heavy atom. The molecule has 2 aliphatic heterocycles. The second-order valence-corrected chi connectivity index (χ2v) is 6.72. The second kappa shape index (κ2) is 6.71. The summed E-state index contributed by atoms with van der Waals surface area (Å²) in [7, 11) is 1.61. The number of para-hydroxylation sites is 1. The van der Waals surface area contributed by atoms with Gasteiger partial charge in [0.15, 0.2) is 0 Å². The fourth-order valence-corrected chi connectivity index (χ4v) is 3.60. The van der Waals surface area contributed by atoms with Gasteiger partial charge < -0.3 is 20.3 Å². The molecule has 1 unspecified atom stereocenters. The number of nitrogens with one attached hydrogen (secondary N) is 2. The number of rotatable bonds is 2. The molecule has 0 aliphatic carbocycles. The number of amides is 3. The average molecular weight is 331 g/mol. The van der Waals surface area contributed by atoms with E-state index in [-0.39, 0.29) is 18.0 Å². The zero-order valence-electron chi connectivity index (χ0n) is 14.3. The lowest BCUT2D eigenvalue weighted by Gasteiger charge is -2.41. The smallest absolute Gasteiger partial charge is 0.314 e. The van der Waals surface area contributed by atoms with Crippen LogP contribution in [0.15, 0.2) is 24.3 Å². The van der Waals surface area contributed by atoms with Crippen molar-refractivity contribution >= 4 is 11.9 Å². The Kier molecular flexibility index (Phi) is 4.64. The SMILES string of the molecule is CNC(=O)NC1CCN(C(=O)C2(C)CCOc3ccccc32)CC1. The van der Waals surface area contributed by atoms with Gasteiger partial charge in [-0.05, 0) is 32.3 Å². The van der Waals surface area contributed by atoms with Crippen molar-refractivity contribution in [3.8, 4) is 5.75 Å². The summed E-state index contributed by atoms with van der Waals surface area (Å²) in [6.45, 7) is 3.93. The minimum Gasteiger partial charge on any atom is -0.493 e. The molecule has 2 aliphatic rings. The van der Waals surface area contributed by atoms with Crippen molar-refractivity contribution in [2.45, 2.75) is 37.6 Å². The minimum absolute atomic E-state index is 0.129. The van der Waals surface area contributed by atoms with Crippen LogP contribution in [0.5, 0.6) is 5.75 Å². The highest BCUT2D eigenvalue weighted by molar-refractivity contribution is 5.89. The normalized spacial score (nSPS) is 23.8. The monoisotopic (exact) mass is 331 g/mol. The standard InChI is InChI=1S/C18H25N3O3/c1-18(9-12-24-15-6-4-3-5-14(15)18)16(22)21-10-7-13(8-11-21)20-17(23)19-2/h3-6,13H,7-12H2,1-2H3,(H2,19,20,23). The molecule has 3 amide bonds. The molecule has 0 aromatic heterocycles. The molecule has 0 saturated carbocycles. The number of carbonyl (C=O) groups excluding carboxylic acids is 2. The predicted molar refractivity (Wildman–Crippen MR) is 91.1 cm³/mol. The van der Waals surface area contributed by atoms with Crippen LogP contribution in [0.25, 0.3) is 0 Å². The summed E-state index contributed by atoms with van der Waals surface area (Å²) in [6, 6.07) is 7.78. The van der Waals surface area contributed by atoms with Crippen LogP contribution in [0.3, 0.4) is 0 Å². The van der Waals surface area contributed by atoms with Gasteiger partial charge in [-0.3, -0.25) is 4.79 Å². The lowest BCUT2D eigenvalue weighted by molar-refractivity contribution is -0.139. The van der Waals surface area contributed by atoms with Gasteiger partial charge in [0, 0.05) is 31.7 Å². The molecule has 1 aromatic carbocycles. The van der Waals surface area contributed by atoms with Crippen molar-refractivity contribution in [3.63, 3.8) is 0 Å². The van der Waals surface area contributed by atoms with Gasteiger partial charge in [0.25, 0.3) is 0 Å². The molecule has 3 rings (SSSR count). The van der Waals surface area contributed by atoms with E-state index >= 15 is 0 Å². The van der Waals surface area contributed by atoms with E-state index in [1.54, 1.807) is 7.05 Å². The van der Waals surface area contributed by atoms with Crippen LogP contribution in [0.4, 0.5) is 4.79 Å². The van der Waals surface area contributed by atoms with Gasteiger partial charge in [-0.15, -0.1) is 0 Å². The zero-order chi connectivity index (χ0) is 17.2. The molecular formula is C18H25N3O3. The van der Waals surface area contributed by atoms with Crippen molar-refractivity contribution in [2.24, 2.45) is 0 Å². The first-order valence-corrected chi connectivity index (χ1v) is 8.54. The topological polar surface area (TPSA) is 70.7 Å². The van der Waals surface area contributed by atoms with E-state index in [0.29, 0.717) is 26.1 Å². The number of nitrogens with zero attached hydrogens (tertiary/aromatic N) is 1. The van der Waals surface area contributed by atoms with Crippen molar-refractivity contribution in [1.29, 1.82) is 0 Å². The number of fused-ring (bicyclic) bond motifs is 1. The second-order valence-electron chi connectivity index (χ2n) is 6.72. The maximum atomic E-state index is 13.2. The Balaban J connectivity index is 1.69. The van der Waals surface area contributed by atoms with Crippen LogP contribution >= 0.6 is 0 Å². The molecule has 2 N–H and O–H groups in total. The first-order chi connectivity index (χ1) is 11.5. The lowest BCUT2D eigenvalue weighted by Crippen LogP contribution is -2.53. The molecule has 0 spiro atoms. The Morgan fingerprint density at radius 2 is 1.96 bits per heavy atom. The molecule has 0 bridgehead atoms. The van der Waals surface area contributed by atoms with Crippen LogP contribution in [0, 0.1) is 0 Å². The summed E-state index contributed by atoms with van der Waals surface area (Å²) < 4.78 is 5.70. The summed E-state index contributed by atoms with van der Waals surface area (Å²) in [4.78, 5) is 26.5. The largest absolute Gasteiger partial charge is 0.493 e. The van der Waals surface area contributed by atoms with Gasteiger partial charge in [0.2, 0.25) is 5.91 Å². The molecule has 130 valence electrons. The summed E-state index contributed by atoms with van der Waals surface area (Å²) in [6.07, 6.45) is 2.26. The summed E-state index contributed by atoms with van der Waals surface area (Å²) in [5, 5.41) is 5.50. The number of benzene rings is 1. The van der Waals surface area contributed by atoms with Crippen LogP contribution in [0.2, 0.25) is 0 Å². The fourth-order valence-electron chi connectivity index (χ4n) is 3.60. The minimum atomic E-state index is -0.532. The Bertz CT molecular complexity index is 626. The van der Waals surface area contributed by atoms with Gasteiger partial charge in [-0.25, -0.2) is 4.79 Å². The van der Waals surface area contributed by atoms with E-state index in [0.717, 1.165) is 24.2 Å². The lowest BCUT2D eigenvalue weighted by atomic mass is 9.76. The number of piperidine rings is 1. The third kappa shape index (κ3) is 3.05. The number of hydrogen-bond acceptors (Lipinski definition) is 3. The van der Waals surface area contributed by atoms with Crippen LogP contribution in [-0.2, 0) is 10.2 Å². The summed E-state index contributed by atoms with van der Waals surface area (Å²) in [5.41, 5.74) is 0.447. The third-order valence-corrected chi connectivity index (χ3v) is 5.16. The molecule has 1 saturated heterocycles. The fraction of sp³-hybridized carbons (Fsp3) is 0.556. The number of likely N-dealkylation sites (tertiary alicyclic amines) is 1. The molecule has 6 heteroatoms. The molecule has 6 nitrogen and oxygen atoms in total. The number of ether oxygens (including phenoxy) is 1. The number of carbonyl (C=O) groups is 2. The first-order valence-electron chi connectivity index (χ1n) is 8.54. The highest BCUT2D eigenvalue weighted by Gasteiger charge is 2.43. The molecule has 0 radical (unpaired) electrons. The Hall–Kier alpha value is -2.24. The van der Waals surface area contributed by atoms with Gasteiger partial charge in [0.1, 0.15) is 5.75 Å². The Morgan fingerprint density at radius 1 is 1.25 bits per heavy atom. The van der Waals surface area contributed by atoms with E-state index in [2.05, 4.69) is 10.6 Å². The number of urea groups is 1. The zero-order valence-corrected chi connectivity index (χ0v) is 14.3. The molecule has 2 heterocycles. The maximum Gasteiger partial charge on any atom is 0.314 e. The van der Waals surface area contributed by atoms with Crippen molar-refractivity contribution in [3.05, 3.63) is 29.8 Å². The van der Waals surface area contributed by atoms with Crippen LogP contribution < -0.4 is 15.4 Å². The third-order valence-electron chi connectivity index (χ3n) is 5.16. The van der Waals surface area contributed by atoms with E-state index in [1.807, 2.05) is 36.1 Å². The molecule has 24 heavy (non-hydrogen) atoms. The molecular weight excluding hydrogens is 306 g/mol. The van der Waals surface area contributed by atoms with Crippen LogP contribution in [0.1, 0.15) is 31.7 Å². The van der Waals surface area contributed by atoms with Gasteiger partial charge in [-0.1, -0.05) is 18.2 Å².